The van der Waals surface area contributed by atoms with Gasteiger partial charge in [-0.3, -0.25) is 4.79 Å². The molecule has 2 saturated heterocycles. The summed E-state index contributed by atoms with van der Waals surface area (Å²) in [5, 5.41) is 35.0. The molecule has 2 aliphatic heterocycles. The number of hydrogen-bond acceptors (Lipinski definition) is 8. The topological polar surface area (TPSA) is 117 Å². The maximum atomic E-state index is 12.3. The predicted molar refractivity (Wildman–Crippen MR) is 116 cm³/mol. The number of aliphatic hydroxyl groups excluding tert-OH is 2. The van der Waals surface area contributed by atoms with E-state index in [4.69, 9.17) is 14.2 Å². The minimum Gasteiger partial charge on any atom is -0.428 e. The second-order valence-corrected chi connectivity index (χ2v) is 9.16. The molecule has 0 aromatic carbocycles. The molecule has 0 amide bonds. The highest BCUT2D eigenvalue weighted by atomic mass is 16.7. The van der Waals surface area contributed by atoms with Crippen LogP contribution in [-0.2, 0) is 19.0 Å². The molecule has 0 spiro atoms. The average Bonchev–Trinajstić information content (AvgIpc) is 3.17. The molecule has 5 atom stereocenters. The number of carbonyl (C=O) groups excluding carboxylic acids is 1. The number of hydrogen-bond donors (Lipinski definition) is 4. The zero-order chi connectivity index (χ0) is 22.9. The quantitative estimate of drug-likeness (QED) is 0.131. The summed E-state index contributed by atoms with van der Waals surface area (Å²) in [7, 11) is 0. The molecule has 1 unspecified atom stereocenters. The Bertz CT molecular complexity index is 572. The Labute approximate surface area is 186 Å². The van der Waals surface area contributed by atoms with Crippen LogP contribution in [-0.4, -0.2) is 76.8 Å². The molecular formula is C23H41NO7. The maximum absolute atomic E-state index is 12.3. The van der Waals surface area contributed by atoms with Gasteiger partial charge in [0.05, 0.1) is 12.7 Å². The van der Waals surface area contributed by atoms with Crippen LogP contribution in [0.15, 0.2) is 12.7 Å². The molecule has 8 nitrogen and oxygen atoms in total. The van der Waals surface area contributed by atoms with Gasteiger partial charge in [-0.25, -0.2) is 0 Å². The van der Waals surface area contributed by atoms with E-state index in [1.165, 1.54) is 0 Å². The number of allylic oxidation sites excluding steroid dienone is 1. The summed E-state index contributed by atoms with van der Waals surface area (Å²) < 4.78 is 16.7. The Kier molecular flexibility index (Phi) is 10.4. The van der Waals surface area contributed by atoms with Gasteiger partial charge in [-0.15, -0.1) is 6.58 Å². The van der Waals surface area contributed by atoms with Crippen molar-refractivity contribution in [3.05, 3.63) is 12.7 Å². The Morgan fingerprint density at radius 2 is 1.94 bits per heavy atom. The number of nitrogens with one attached hydrogen (secondary N) is 1. The van der Waals surface area contributed by atoms with Crippen molar-refractivity contribution in [2.45, 2.75) is 107 Å². The minimum absolute atomic E-state index is 0.0549. The van der Waals surface area contributed by atoms with Crippen molar-refractivity contribution >= 4 is 5.97 Å². The Hall–Kier alpha value is -1.03. The molecule has 0 radical (unpaired) electrons. The molecule has 8 heteroatoms. The van der Waals surface area contributed by atoms with Crippen molar-refractivity contribution in [3.8, 4) is 0 Å². The van der Waals surface area contributed by atoms with Crippen LogP contribution in [0.2, 0.25) is 0 Å². The van der Waals surface area contributed by atoms with Crippen LogP contribution in [0, 0.1) is 0 Å². The van der Waals surface area contributed by atoms with Crippen LogP contribution in [0.4, 0.5) is 0 Å². The average molecular weight is 444 g/mol. The van der Waals surface area contributed by atoms with E-state index in [2.05, 4.69) is 11.9 Å². The van der Waals surface area contributed by atoms with E-state index in [1.807, 2.05) is 19.9 Å². The van der Waals surface area contributed by atoms with Crippen molar-refractivity contribution in [1.82, 2.24) is 5.32 Å². The third-order valence-electron chi connectivity index (χ3n) is 6.03. The Balaban J connectivity index is 1.81. The Morgan fingerprint density at radius 1 is 1.26 bits per heavy atom. The SMILES string of the molecule is C=CCCCCCCCCC(=O)O[C@]1(O)CO[C@]2(CC(O)CNC(C)C)[C@@H](O)CO[C@@H]21. The van der Waals surface area contributed by atoms with E-state index in [0.717, 1.165) is 38.5 Å². The van der Waals surface area contributed by atoms with E-state index in [0.29, 0.717) is 13.0 Å². The third-order valence-corrected chi connectivity index (χ3v) is 6.03. The zero-order valence-corrected chi connectivity index (χ0v) is 19.1. The Morgan fingerprint density at radius 3 is 2.61 bits per heavy atom. The molecule has 0 aromatic heterocycles. The molecule has 180 valence electrons. The zero-order valence-electron chi connectivity index (χ0n) is 19.1. The van der Waals surface area contributed by atoms with Crippen LogP contribution in [0.5, 0.6) is 0 Å². The van der Waals surface area contributed by atoms with Crippen LogP contribution in [0.25, 0.3) is 0 Å². The van der Waals surface area contributed by atoms with Crippen LogP contribution >= 0.6 is 0 Å². The van der Waals surface area contributed by atoms with Crippen LogP contribution < -0.4 is 5.32 Å². The first-order valence-corrected chi connectivity index (χ1v) is 11.6. The van der Waals surface area contributed by atoms with E-state index in [-0.39, 0.29) is 32.1 Å². The van der Waals surface area contributed by atoms with Gasteiger partial charge in [0.15, 0.2) is 6.10 Å². The maximum Gasteiger partial charge on any atom is 0.308 e. The molecule has 2 rings (SSSR count). The fourth-order valence-electron chi connectivity index (χ4n) is 4.35. The van der Waals surface area contributed by atoms with Crippen molar-refractivity contribution in [3.63, 3.8) is 0 Å². The molecule has 0 bridgehead atoms. The molecule has 2 heterocycles. The van der Waals surface area contributed by atoms with Crippen molar-refractivity contribution < 1.29 is 34.3 Å². The summed E-state index contributed by atoms with van der Waals surface area (Å²) in [5.41, 5.74) is -1.31. The predicted octanol–water partition coefficient (Wildman–Crippen LogP) is 1.80. The number of carbonyl (C=O) groups is 1. The second-order valence-electron chi connectivity index (χ2n) is 9.16. The number of fused-ring (bicyclic) bond motifs is 1. The van der Waals surface area contributed by atoms with Crippen molar-refractivity contribution in [1.29, 1.82) is 0 Å². The summed E-state index contributed by atoms with van der Waals surface area (Å²) in [5.74, 6) is -2.48. The summed E-state index contributed by atoms with van der Waals surface area (Å²) in [6.07, 6.45) is 6.46. The third kappa shape index (κ3) is 7.23. The molecular weight excluding hydrogens is 402 g/mol. The number of aliphatic hydroxyl groups is 3. The van der Waals surface area contributed by atoms with Gasteiger partial charge in [-0.05, 0) is 19.3 Å². The van der Waals surface area contributed by atoms with E-state index < -0.39 is 35.7 Å². The lowest BCUT2D eigenvalue weighted by molar-refractivity contribution is -0.238. The molecule has 2 fully saturated rings. The number of ether oxygens (including phenoxy) is 3. The standard InChI is InChI=1S/C23H41NO7/c1-4-5-6-7-8-9-10-11-12-20(27)31-23(28)16-30-22(19(26)15-29-21(22)23)13-18(25)14-24-17(2)3/h4,17-19,21,24-26,28H,1,5-16H2,2-3H3/t18?,19-,21-,22+,23+/m0/s1. The fourth-order valence-corrected chi connectivity index (χ4v) is 4.35. The highest BCUT2D eigenvalue weighted by molar-refractivity contribution is 5.69. The van der Waals surface area contributed by atoms with Gasteiger partial charge >= 0.3 is 5.97 Å². The smallest absolute Gasteiger partial charge is 0.308 e. The lowest BCUT2D eigenvalue weighted by atomic mass is 9.85. The van der Waals surface area contributed by atoms with E-state index >= 15 is 0 Å². The molecule has 2 aliphatic rings. The fraction of sp³-hybridized carbons (Fsp3) is 0.870. The van der Waals surface area contributed by atoms with Gasteiger partial charge in [-0.2, -0.15) is 0 Å². The molecule has 4 N–H and O–H groups in total. The second kappa shape index (κ2) is 12.3. The van der Waals surface area contributed by atoms with Gasteiger partial charge in [0.25, 0.3) is 5.79 Å². The highest BCUT2D eigenvalue weighted by Crippen LogP contribution is 2.46. The summed E-state index contributed by atoms with van der Waals surface area (Å²) in [4.78, 5) is 12.3. The normalized spacial score (nSPS) is 31.0. The van der Waals surface area contributed by atoms with Gasteiger partial charge in [0, 0.05) is 25.4 Å². The summed E-state index contributed by atoms with van der Waals surface area (Å²) in [6.45, 7) is 7.61. The lowest BCUT2D eigenvalue weighted by Gasteiger charge is -2.34. The number of unbranched alkanes of at least 4 members (excludes halogenated alkanes) is 6. The first kappa shape index (κ1) is 26.2. The monoisotopic (exact) mass is 443 g/mol. The first-order chi connectivity index (χ1) is 14.7. The number of rotatable bonds is 15. The first-order valence-electron chi connectivity index (χ1n) is 11.6. The van der Waals surface area contributed by atoms with E-state index in [1.54, 1.807) is 0 Å². The van der Waals surface area contributed by atoms with Gasteiger partial charge in [0.1, 0.15) is 18.3 Å². The van der Waals surface area contributed by atoms with Crippen LogP contribution in [0.1, 0.15) is 71.6 Å². The molecule has 31 heavy (non-hydrogen) atoms. The summed E-state index contributed by atoms with van der Waals surface area (Å²) >= 11 is 0. The van der Waals surface area contributed by atoms with Crippen molar-refractivity contribution in [2.24, 2.45) is 0 Å². The van der Waals surface area contributed by atoms with Gasteiger partial charge in [0.2, 0.25) is 0 Å². The number of esters is 1. The van der Waals surface area contributed by atoms with Gasteiger partial charge < -0.3 is 34.8 Å². The van der Waals surface area contributed by atoms with Crippen LogP contribution in [0.3, 0.4) is 0 Å². The van der Waals surface area contributed by atoms with Crippen molar-refractivity contribution in [2.75, 3.05) is 19.8 Å². The molecule has 0 aromatic rings. The highest BCUT2D eigenvalue weighted by Gasteiger charge is 2.68. The lowest BCUT2D eigenvalue weighted by Crippen LogP contribution is -2.55. The largest absolute Gasteiger partial charge is 0.428 e. The summed E-state index contributed by atoms with van der Waals surface area (Å²) in [6, 6.07) is 0.197. The van der Waals surface area contributed by atoms with Gasteiger partial charge in [-0.1, -0.05) is 45.6 Å². The van der Waals surface area contributed by atoms with E-state index in [9.17, 15) is 20.1 Å². The molecule has 0 aliphatic carbocycles. The molecule has 0 saturated carbocycles. The minimum atomic E-state index is -1.97.